The maximum atomic E-state index is 5.65. The Balaban J connectivity index is 0.000000174. The Labute approximate surface area is 825 Å². The molecule has 0 saturated carbocycles. The van der Waals surface area contributed by atoms with Crippen LogP contribution in [-0.2, 0) is 124 Å². The number of hydrogen-bond acceptors (Lipinski definition) is 12. The Hall–Kier alpha value is -10.5. The van der Waals surface area contributed by atoms with Crippen molar-refractivity contribution in [1.29, 1.82) is 0 Å². The molecule has 12 aromatic heterocycles. The van der Waals surface area contributed by atoms with Crippen LogP contribution in [0.4, 0.5) is 0 Å². The molecule has 21 heteroatoms. The van der Waals surface area contributed by atoms with E-state index in [4.69, 9.17) is 19.4 Å². The van der Waals surface area contributed by atoms with Crippen molar-refractivity contribution in [3.8, 4) is 79.5 Å². The summed E-state index contributed by atoms with van der Waals surface area (Å²) in [6.45, 7) is 63.4. The van der Waals surface area contributed by atoms with Gasteiger partial charge in [-0.3, -0.25) is 24.9 Å². The van der Waals surface area contributed by atoms with Crippen molar-refractivity contribution in [2.45, 2.75) is 274 Å². The number of aromatic nitrogens is 17. The van der Waals surface area contributed by atoms with Crippen LogP contribution in [0.3, 0.4) is 0 Å². The summed E-state index contributed by atoms with van der Waals surface area (Å²) in [4.78, 5) is 22.9. The molecular formula is C111H129N17OPt3. The predicted molar refractivity (Wildman–Crippen MR) is 529 cm³/mol. The zero-order valence-electron chi connectivity index (χ0n) is 82.4. The molecule has 18 nitrogen and oxygen atoms in total. The van der Waals surface area contributed by atoms with Gasteiger partial charge in [-0.15, -0.1) is 0 Å². The van der Waals surface area contributed by atoms with Gasteiger partial charge in [0.1, 0.15) is 11.2 Å². The molecule has 0 bridgehead atoms. The molecule has 0 N–H and O–H groups in total. The van der Waals surface area contributed by atoms with E-state index in [0.717, 1.165) is 160 Å². The molecule has 0 unspecified atom stereocenters. The molecule has 1 aliphatic carbocycles. The Morgan fingerprint density at radius 3 is 0.947 bits per heavy atom. The first-order valence-electron chi connectivity index (χ1n) is 45.1. The molecule has 1 aliphatic rings. The van der Waals surface area contributed by atoms with Gasteiger partial charge in [-0.05, 0) is 151 Å². The average molecular weight is 2300 g/mol. The number of fused-ring (bicyclic) bond motifs is 6. The van der Waals surface area contributed by atoms with Crippen LogP contribution in [0.5, 0.6) is 0 Å². The second-order valence-electron chi connectivity index (χ2n) is 44.1. The molecule has 694 valence electrons. The van der Waals surface area contributed by atoms with Crippen molar-refractivity contribution in [2.75, 3.05) is 0 Å². The summed E-state index contributed by atoms with van der Waals surface area (Å²) in [5.41, 5.74) is 26.7. The predicted octanol–water partition coefficient (Wildman–Crippen LogP) is 26.4. The van der Waals surface area contributed by atoms with Crippen LogP contribution in [0.2, 0.25) is 0 Å². The number of hydrogen-bond donors (Lipinski definition) is 0. The van der Waals surface area contributed by atoms with E-state index in [1.165, 1.54) is 44.2 Å². The number of rotatable bonds is 7. The molecule has 18 rings (SSSR count). The van der Waals surface area contributed by atoms with Crippen LogP contribution in [0.1, 0.15) is 276 Å². The Kier molecular flexibility index (Phi) is 32.0. The zero-order valence-corrected chi connectivity index (χ0v) is 89.2. The van der Waals surface area contributed by atoms with Gasteiger partial charge in [-0.2, -0.15) is 0 Å². The van der Waals surface area contributed by atoms with Crippen molar-refractivity contribution in [3.63, 3.8) is 0 Å². The maximum absolute atomic E-state index is 5.65. The van der Waals surface area contributed by atoms with E-state index in [2.05, 4.69) is 405 Å². The van der Waals surface area contributed by atoms with Crippen LogP contribution in [0.15, 0.2) is 223 Å². The molecule has 17 aromatic rings. The van der Waals surface area contributed by atoms with Gasteiger partial charge in [0, 0.05) is 113 Å². The van der Waals surface area contributed by atoms with Crippen LogP contribution >= 0.6 is 0 Å². The molecule has 0 aliphatic heterocycles. The van der Waals surface area contributed by atoms with E-state index < -0.39 is 0 Å². The Morgan fingerprint density at radius 1 is 0.288 bits per heavy atom. The van der Waals surface area contributed by atoms with Gasteiger partial charge in [0.2, 0.25) is 0 Å². The summed E-state index contributed by atoms with van der Waals surface area (Å²) in [7, 11) is 0. The fourth-order valence-electron chi connectivity index (χ4n) is 15.1. The van der Waals surface area contributed by atoms with Crippen LogP contribution in [0.25, 0.3) is 123 Å². The standard InChI is InChI=1S/C33H43N5.C25H27N5.C23H25N5.C12H8O.2C9H13N.3Pt/c1-30(2,3)22-13-20(14-23(17-22)31(4,5)6)21-15-24(26-18-28(37-35-26)32(7,8)9)34-25(16-21)27-19-29(38-36-27)33(10,11)12;1-24(2,3)20-14-19(27-28-20)18-13-15-9-6-7-10-16(15)21(26-18)22-17-11-8-12-25(4,5)23(17)30-29-22;1-22(2,3)19-12-17(25-27-19)16-11-14-9-7-8-10-15(14)21(24-16)18-13-20(28-26-18)23(4,5)6;1-3-7-11-9(5-1)10-6-2-4-8-12(10)13-11;2*1-9(2,3)8-4-6-10-7-5-8;;;/h13-19H,1-12H3;6-7,9-10,13-14H,8,11-12H2,1-5H3;7-13H,1-6H3;1-8H;2*4-7H,1-3H3;;;/q3*-2;;;;3*+2. The Morgan fingerprint density at radius 2 is 0.598 bits per heavy atom. The first kappa shape index (κ1) is 104. The van der Waals surface area contributed by atoms with Crippen molar-refractivity contribution in [3.05, 3.63) is 281 Å². The van der Waals surface area contributed by atoms with Crippen LogP contribution in [-0.4, -0.2) is 55.5 Å². The summed E-state index contributed by atoms with van der Waals surface area (Å²) in [5.74, 6) is 0. The molecule has 0 amide bonds. The van der Waals surface area contributed by atoms with Gasteiger partial charge in [-0.1, -0.05) is 368 Å². The molecular weight excluding hydrogens is 2170 g/mol. The van der Waals surface area contributed by atoms with E-state index in [-0.39, 0.29) is 117 Å². The quantitative estimate of drug-likeness (QED) is 0.144. The van der Waals surface area contributed by atoms with Crippen molar-refractivity contribution in [2.24, 2.45) is 0 Å². The minimum Gasteiger partial charge on any atom is -0.573 e. The molecule has 0 saturated heterocycles. The molecule has 0 atom stereocenters. The fraction of sp³-hybridized carbons (Fsp3) is 0.378. The molecule has 5 aromatic carbocycles. The Bertz CT molecular complexity index is 6510. The van der Waals surface area contributed by atoms with Gasteiger partial charge in [0.15, 0.2) is 0 Å². The molecule has 12 heterocycles. The average Bonchev–Trinajstić information content (AvgIpc) is 1.59. The largest absolute Gasteiger partial charge is 2.00 e. The minimum absolute atomic E-state index is 0. The summed E-state index contributed by atoms with van der Waals surface area (Å²) in [6.07, 6.45) is 10.6. The summed E-state index contributed by atoms with van der Waals surface area (Å²) in [5, 5.41) is 60.5. The van der Waals surface area contributed by atoms with Gasteiger partial charge in [0.05, 0.1) is 34.2 Å². The maximum Gasteiger partial charge on any atom is 2.00 e. The first-order valence-corrected chi connectivity index (χ1v) is 45.1. The van der Waals surface area contributed by atoms with E-state index in [0.29, 0.717) is 0 Å². The van der Waals surface area contributed by atoms with Gasteiger partial charge < -0.3 is 65.6 Å². The second kappa shape index (κ2) is 40.7. The normalized spacial score (nSPS) is 13.0. The number of para-hydroxylation sites is 2. The fourth-order valence-corrected chi connectivity index (χ4v) is 15.1. The third-order valence-electron chi connectivity index (χ3n) is 23.4. The zero-order chi connectivity index (χ0) is 93.4. The van der Waals surface area contributed by atoms with Crippen LogP contribution < -0.4 is 30.6 Å². The number of benzene rings is 5. The molecule has 0 radical (unpaired) electrons. The second-order valence-corrected chi connectivity index (χ2v) is 44.1. The molecule has 132 heavy (non-hydrogen) atoms. The van der Waals surface area contributed by atoms with E-state index in [1.807, 2.05) is 85.5 Å². The van der Waals surface area contributed by atoms with Crippen molar-refractivity contribution >= 4 is 43.5 Å². The molecule has 0 fully saturated rings. The van der Waals surface area contributed by atoms with E-state index in [1.54, 1.807) is 0 Å². The van der Waals surface area contributed by atoms with Crippen LogP contribution in [0, 0.1) is 0 Å². The third kappa shape index (κ3) is 25.1. The van der Waals surface area contributed by atoms with E-state index in [9.17, 15) is 0 Å². The smallest absolute Gasteiger partial charge is 0.573 e. The third-order valence-corrected chi connectivity index (χ3v) is 23.4. The van der Waals surface area contributed by atoms with Crippen molar-refractivity contribution < 1.29 is 67.6 Å². The number of nitrogens with zero attached hydrogens (tertiary/aromatic N) is 17. The topological polar surface area (TPSA) is 240 Å². The number of pyridine rings is 5. The van der Waals surface area contributed by atoms with Gasteiger partial charge in [-0.25, -0.2) is 0 Å². The van der Waals surface area contributed by atoms with Gasteiger partial charge in [0.25, 0.3) is 0 Å². The minimum atomic E-state index is -0.0902. The monoisotopic (exact) mass is 2300 g/mol. The summed E-state index contributed by atoms with van der Waals surface area (Å²) in [6, 6.07) is 66.6. The first-order chi connectivity index (χ1) is 60.3. The molecule has 0 spiro atoms. The van der Waals surface area contributed by atoms with Gasteiger partial charge >= 0.3 is 63.2 Å². The summed E-state index contributed by atoms with van der Waals surface area (Å²) >= 11 is 0. The number of furan rings is 1. The van der Waals surface area contributed by atoms with Crippen molar-refractivity contribution in [1.82, 2.24) is 86.1 Å². The SMILES string of the molecule is CC(C)(C)c1cc(-c2cc(-c3cc(C(C)(C)C)n[n-]3)nc(-c3cc(C(C)(C)C)n[n-]3)c2)cc(C(C)(C)C)c1.CC(C)(C)c1cc(-c2cc3ccccc3c(-c3[n-]nc4c3CCCC4(C)C)n2)[n-]n1.CC(C)(C)c1cc(-c2cc3ccccc3c(-c3cc(C(C)(C)C)n[n-]3)n2)[n-]n1.CC(C)(C)c1ccncc1.CC(C)(C)c1ccncc1.[Pt+2].[Pt+2].[Pt+2].c1ccc2c(c1)oc1ccccc12. The van der Waals surface area contributed by atoms with E-state index >= 15 is 0 Å². The summed E-state index contributed by atoms with van der Waals surface area (Å²) < 4.78 is 5.65.